The maximum Gasteiger partial charge on any atom is 0.363 e. The molecular formula is C16H8BrN3O6. The van der Waals surface area contributed by atoms with Gasteiger partial charge in [0.05, 0.1) is 21.5 Å². The van der Waals surface area contributed by atoms with Crippen LogP contribution in [-0.2, 0) is 9.53 Å². The van der Waals surface area contributed by atoms with Gasteiger partial charge < -0.3 is 4.74 Å². The molecule has 3 rings (SSSR count). The molecule has 0 atom stereocenters. The Morgan fingerprint density at radius 1 is 1.04 bits per heavy atom. The maximum absolute atomic E-state index is 12.0. The average molecular weight is 418 g/mol. The first-order valence-electron chi connectivity index (χ1n) is 7.06. The molecule has 26 heavy (non-hydrogen) atoms. The standard InChI is InChI=1S/C16H8BrN3O6/c17-13-4-2-1-3-9(13)7-14-16(21)26-15(18-14)10-5-11(19(22)23)8-12(6-10)20(24)25/h1-8H/b14-7-. The number of nitrogens with zero attached hydrogens (tertiary/aromatic N) is 3. The number of hydrogen-bond donors (Lipinski definition) is 0. The maximum atomic E-state index is 12.0. The van der Waals surface area contributed by atoms with Crippen LogP contribution in [-0.4, -0.2) is 21.7 Å². The van der Waals surface area contributed by atoms with Crippen LogP contribution in [0.5, 0.6) is 0 Å². The molecular weight excluding hydrogens is 410 g/mol. The van der Waals surface area contributed by atoms with Gasteiger partial charge in [-0.05, 0) is 17.7 Å². The minimum Gasteiger partial charge on any atom is -0.402 e. The zero-order valence-corrected chi connectivity index (χ0v) is 14.4. The molecule has 0 unspecified atom stereocenters. The molecule has 0 N–H and O–H groups in total. The average Bonchev–Trinajstić information content (AvgIpc) is 2.97. The van der Waals surface area contributed by atoms with Crippen LogP contribution in [0, 0.1) is 20.2 Å². The van der Waals surface area contributed by atoms with Crippen LogP contribution in [0.25, 0.3) is 6.08 Å². The molecule has 0 aromatic heterocycles. The van der Waals surface area contributed by atoms with E-state index in [9.17, 15) is 25.0 Å². The Morgan fingerprint density at radius 2 is 1.65 bits per heavy atom. The van der Waals surface area contributed by atoms with Crippen molar-refractivity contribution in [2.45, 2.75) is 0 Å². The third-order valence-corrected chi connectivity index (χ3v) is 4.11. The predicted molar refractivity (Wildman–Crippen MR) is 94.5 cm³/mol. The SMILES string of the molecule is O=C1OC(c2cc([N+](=O)[O-])cc([N+](=O)[O-])c2)=N/C1=C\c1ccccc1Br. The number of aliphatic imine (C=N–C) groups is 1. The summed E-state index contributed by atoms with van der Waals surface area (Å²) in [7, 11) is 0. The van der Waals surface area contributed by atoms with E-state index in [0.717, 1.165) is 22.7 Å². The Bertz CT molecular complexity index is 983. The summed E-state index contributed by atoms with van der Waals surface area (Å²) in [5, 5.41) is 21.9. The fraction of sp³-hybridized carbons (Fsp3) is 0. The van der Waals surface area contributed by atoms with E-state index in [1.165, 1.54) is 6.08 Å². The van der Waals surface area contributed by atoms with Gasteiger partial charge in [0.15, 0.2) is 5.70 Å². The molecule has 1 aliphatic heterocycles. The van der Waals surface area contributed by atoms with Gasteiger partial charge in [-0.2, -0.15) is 0 Å². The first kappa shape index (κ1) is 17.4. The number of carbonyl (C=O) groups is 1. The molecule has 130 valence electrons. The van der Waals surface area contributed by atoms with Crippen molar-refractivity contribution in [1.82, 2.24) is 0 Å². The summed E-state index contributed by atoms with van der Waals surface area (Å²) in [5.74, 6) is -0.995. The molecule has 10 heteroatoms. The summed E-state index contributed by atoms with van der Waals surface area (Å²) < 4.78 is 5.76. The summed E-state index contributed by atoms with van der Waals surface area (Å²) >= 11 is 3.34. The van der Waals surface area contributed by atoms with E-state index in [4.69, 9.17) is 4.74 Å². The van der Waals surface area contributed by atoms with E-state index in [1.807, 2.05) is 0 Å². The number of nitro groups is 2. The monoisotopic (exact) mass is 417 g/mol. The number of non-ortho nitro benzene ring substituents is 2. The number of carbonyl (C=O) groups excluding carboxylic acids is 1. The van der Waals surface area contributed by atoms with E-state index >= 15 is 0 Å². The molecule has 0 fully saturated rings. The fourth-order valence-electron chi connectivity index (χ4n) is 2.20. The second kappa shape index (κ2) is 6.84. The van der Waals surface area contributed by atoms with Gasteiger partial charge in [-0.15, -0.1) is 0 Å². The Balaban J connectivity index is 2.05. The molecule has 9 nitrogen and oxygen atoms in total. The Labute approximate surface area is 154 Å². The smallest absolute Gasteiger partial charge is 0.363 e. The molecule has 0 saturated carbocycles. The van der Waals surface area contributed by atoms with Gasteiger partial charge in [-0.3, -0.25) is 20.2 Å². The van der Waals surface area contributed by atoms with Gasteiger partial charge in [-0.1, -0.05) is 34.1 Å². The lowest BCUT2D eigenvalue weighted by atomic mass is 10.1. The second-order valence-corrected chi connectivity index (χ2v) is 5.96. The van der Waals surface area contributed by atoms with Gasteiger partial charge in [0.25, 0.3) is 11.4 Å². The first-order valence-corrected chi connectivity index (χ1v) is 7.86. The molecule has 0 amide bonds. The summed E-state index contributed by atoms with van der Waals surface area (Å²) in [6.45, 7) is 0. The van der Waals surface area contributed by atoms with E-state index in [2.05, 4.69) is 20.9 Å². The molecule has 1 aliphatic rings. The molecule has 0 saturated heterocycles. The highest BCUT2D eigenvalue weighted by Crippen LogP contribution is 2.27. The van der Waals surface area contributed by atoms with Crippen molar-refractivity contribution in [2.24, 2.45) is 4.99 Å². The van der Waals surface area contributed by atoms with E-state index in [1.54, 1.807) is 24.3 Å². The van der Waals surface area contributed by atoms with Crippen molar-refractivity contribution in [3.63, 3.8) is 0 Å². The quantitative estimate of drug-likeness (QED) is 0.323. The Kier molecular flexibility index (Phi) is 4.59. The van der Waals surface area contributed by atoms with Crippen molar-refractivity contribution in [3.8, 4) is 0 Å². The van der Waals surface area contributed by atoms with Crippen LogP contribution in [0.1, 0.15) is 11.1 Å². The van der Waals surface area contributed by atoms with Crippen LogP contribution in [0.3, 0.4) is 0 Å². The molecule has 2 aromatic carbocycles. The summed E-state index contributed by atoms with van der Waals surface area (Å²) in [4.78, 5) is 36.4. The van der Waals surface area contributed by atoms with Crippen LogP contribution < -0.4 is 0 Å². The van der Waals surface area contributed by atoms with Crippen LogP contribution in [0.4, 0.5) is 11.4 Å². The minimum atomic E-state index is -0.772. The van der Waals surface area contributed by atoms with E-state index in [0.29, 0.717) is 5.56 Å². The normalized spacial score (nSPS) is 14.9. The van der Waals surface area contributed by atoms with Crippen LogP contribution in [0.2, 0.25) is 0 Å². The largest absolute Gasteiger partial charge is 0.402 e. The number of cyclic esters (lactones) is 1. The third-order valence-electron chi connectivity index (χ3n) is 3.39. The van der Waals surface area contributed by atoms with Crippen molar-refractivity contribution in [2.75, 3.05) is 0 Å². The number of esters is 1. The molecule has 0 aliphatic carbocycles. The van der Waals surface area contributed by atoms with Gasteiger partial charge >= 0.3 is 5.97 Å². The highest BCUT2D eigenvalue weighted by atomic mass is 79.9. The number of benzene rings is 2. The summed E-state index contributed by atoms with van der Waals surface area (Å²) in [6.07, 6.45) is 1.48. The first-order chi connectivity index (χ1) is 12.3. The fourth-order valence-corrected chi connectivity index (χ4v) is 2.60. The molecule has 0 radical (unpaired) electrons. The highest BCUT2D eigenvalue weighted by molar-refractivity contribution is 9.10. The summed E-state index contributed by atoms with van der Waals surface area (Å²) in [5.41, 5.74) is -0.391. The number of halogens is 1. The number of ether oxygens (including phenoxy) is 1. The Hall–Kier alpha value is -3.40. The van der Waals surface area contributed by atoms with E-state index in [-0.39, 0.29) is 17.2 Å². The molecule has 0 bridgehead atoms. The van der Waals surface area contributed by atoms with Gasteiger partial charge in [0.1, 0.15) is 0 Å². The van der Waals surface area contributed by atoms with Crippen molar-refractivity contribution in [3.05, 3.63) is 84.0 Å². The lowest BCUT2D eigenvalue weighted by molar-refractivity contribution is -0.394. The van der Waals surface area contributed by atoms with Crippen molar-refractivity contribution in [1.29, 1.82) is 0 Å². The van der Waals surface area contributed by atoms with E-state index < -0.39 is 27.2 Å². The second-order valence-electron chi connectivity index (χ2n) is 5.11. The lowest BCUT2D eigenvalue weighted by Gasteiger charge is -2.00. The molecule has 0 spiro atoms. The molecule has 1 heterocycles. The minimum absolute atomic E-state index is 0.0268. The van der Waals surface area contributed by atoms with Crippen LogP contribution >= 0.6 is 15.9 Å². The van der Waals surface area contributed by atoms with Gasteiger partial charge in [0.2, 0.25) is 5.90 Å². The zero-order chi connectivity index (χ0) is 18.8. The van der Waals surface area contributed by atoms with Crippen molar-refractivity contribution < 1.29 is 19.4 Å². The topological polar surface area (TPSA) is 125 Å². The number of rotatable bonds is 4. The number of nitro benzene ring substituents is 2. The van der Waals surface area contributed by atoms with Crippen molar-refractivity contribution >= 4 is 45.2 Å². The van der Waals surface area contributed by atoms with Crippen LogP contribution in [0.15, 0.2) is 57.6 Å². The number of hydrogen-bond acceptors (Lipinski definition) is 7. The van der Waals surface area contributed by atoms with Gasteiger partial charge in [-0.25, -0.2) is 9.79 Å². The Morgan fingerprint density at radius 3 is 2.23 bits per heavy atom. The zero-order valence-electron chi connectivity index (χ0n) is 12.8. The lowest BCUT2D eigenvalue weighted by Crippen LogP contribution is -2.06. The van der Waals surface area contributed by atoms with Gasteiger partial charge in [0, 0.05) is 16.6 Å². The third kappa shape index (κ3) is 3.49. The highest BCUT2D eigenvalue weighted by Gasteiger charge is 2.27. The molecule has 2 aromatic rings. The summed E-state index contributed by atoms with van der Waals surface area (Å²) in [6, 6.07) is 10.0. The predicted octanol–water partition coefficient (Wildman–Crippen LogP) is 3.61.